The minimum Gasteiger partial charge on any atom is -0.507 e. The fourth-order valence-corrected chi connectivity index (χ4v) is 4.68. The fourth-order valence-electron chi connectivity index (χ4n) is 3.81. The van der Waals surface area contributed by atoms with E-state index >= 15 is 0 Å². The Hall–Kier alpha value is -5.22. The number of H-pyrrole nitrogens is 1. The van der Waals surface area contributed by atoms with Gasteiger partial charge in [0.25, 0.3) is 0 Å². The number of anilines is 1. The molecule has 5 aromatic rings. The molecule has 42 heavy (non-hydrogen) atoms. The monoisotopic (exact) mass is 583 g/mol. The maximum atomic E-state index is 12.3. The van der Waals surface area contributed by atoms with Crippen LogP contribution in [0.1, 0.15) is 15.9 Å². The van der Waals surface area contributed by atoms with Crippen molar-refractivity contribution in [1.29, 1.82) is 0 Å². The summed E-state index contributed by atoms with van der Waals surface area (Å²) < 4.78 is 14.7. The average molecular weight is 584 g/mol. The normalized spacial score (nSPS) is 10.5. The number of ketones is 1. The van der Waals surface area contributed by atoms with Crippen molar-refractivity contribution in [3.05, 3.63) is 108 Å². The molecule has 0 aliphatic heterocycles. The largest absolute Gasteiger partial charge is 0.507 e. The molecule has 0 bridgehead atoms. The van der Waals surface area contributed by atoms with E-state index in [2.05, 4.69) is 32.2 Å². The van der Waals surface area contributed by atoms with Gasteiger partial charge in [0.1, 0.15) is 22.8 Å². The van der Waals surface area contributed by atoms with Crippen molar-refractivity contribution in [3.8, 4) is 17.2 Å². The van der Waals surface area contributed by atoms with Crippen molar-refractivity contribution in [2.45, 2.75) is 9.79 Å². The SMILES string of the molecule is COC(=O)Nc1nc2ccc(Sc3ccccc3)cc2[nH]1.COc1cc(O)c(C(=O)C=Cc2ccccc2)c(OC)c1. The molecule has 4 aromatic carbocycles. The quantitative estimate of drug-likeness (QED) is 0.129. The van der Waals surface area contributed by atoms with E-state index in [1.54, 1.807) is 23.9 Å². The lowest BCUT2D eigenvalue weighted by atomic mass is 10.1. The Morgan fingerprint density at radius 3 is 2.26 bits per heavy atom. The number of nitrogens with one attached hydrogen (secondary N) is 2. The van der Waals surface area contributed by atoms with Crippen molar-refractivity contribution >= 4 is 46.7 Å². The first kappa shape index (κ1) is 29.8. The Kier molecular flexibility index (Phi) is 10.2. The van der Waals surface area contributed by atoms with Crippen LogP contribution in [-0.2, 0) is 4.74 Å². The van der Waals surface area contributed by atoms with Gasteiger partial charge >= 0.3 is 6.09 Å². The summed E-state index contributed by atoms with van der Waals surface area (Å²) >= 11 is 1.67. The van der Waals surface area contributed by atoms with Gasteiger partial charge in [-0.05, 0) is 42.0 Å². The molecular weight excluding hydrogens is 554 g/mol. The fraction of sp³-hybridized carbons (Fsp3) is 0.0938. The van der Waals surface area contributed by atoms with Gasteiger partial charge in [0.05, 0.1) is 32.4 Å². The number of benzene rings is 4. The topological polar surface area (TPSA) is 123 Å². The van der Waals surface area contributed by atoms with Crippen LogP contribution < -0.4 is 14.8 Å². The third-order valence-electron chi connectivity index (χ3n) is 5.82. The molecule has 1 heterocycles. The lowest BCUT2D eigenvalue weighted by Crippen LogP contribution is -2.11. The number of hydrogen-bond donors (Lipinski definition) is 3. The van der Waals surface area contributed by atoms with Crippen LogP contribution in [0.5, 0.6) is 17.2 Å². The minimum atomic E-state index is -0.548. The second kappa shape index (κ2) is 14.4. The van der Waals surface area contributed by atoms with Crippen LogP contribution in [0.2, 0.25) is 0 Å². The number of rotatable bonds is 8. The zero-order valence-electron chi connectivity index (χ0n) is 23.2. The van der Waals surface area contributed by atoms with Crippen molar-refractivity contribution in [3.63, 3.8) is 0 Å². The number of hydrogen-bond acceptors (Lipinski definition) is 8. The molecule has 0 aliphatic carbocycles. The predicted octanol–water partition coefficient (Wildman–Crippen LogP) is 7.20. The lowest BCUT2D eigenvalue weighted by Gasteiger charge is -2.10. The van der Waals surface area contributed by atoms with E-state index in [0.29, 0.717) is 11.7 Å². The highest BCUT2D eigenvalue weighted by atomic mass is 32.2. The van der Waals surface area contributed by atoms with E-state index in [1.807, 2.05) is 66.7 Å². The number of fused-ring (bicyclic) bond motifs is 1. The Balaban J connectivity index is 0.000000193. The average Bonchev–Trinajstić information content (AvgIpc) is 3.42. The molecule has 3 N–H and O–H groups in total. The van der Waals surface area contributed by atoms with E-state index in [4.69, 9.17) is 9.47 Å². The van der Waals surface area contributed by atoms with Crippen LogP contribution in [0.15, 0.2) is 107 Å². The van der Waals surface area contributed by atoms with Crippen molar-refractivity contribution in [2.24, 2.45) is 0 Å². The number of imidazole rings is 1. The number of amides is 1. The van der Waals surface area contributed by atoms with Crippen LogP contribution in [0.4, 0.5) is 10.7 Å². The highest BCUT2D eigenvalue weighted by molar-refractivity contribution is 7.99. The first-order valence-corrected chi connectivity index (χ1v) is 13.5. The predicted molar refractivity (Wildman–Crippen MR) is 164 cm³/mol. The molecule has 10 heteroatoms. The Morgan fingerprint density at radius 1 is 0.881 bits per heavy atom. The third-order valence-corrected chi connectivity index (χ3v) is 6.82. The molecule has 214 valence electrons. The number of aromatic hydroxyl groups is 1. The van der Waals surface area contributed by atoms with Crippen molar-refractivity contribution in [1.82, 2.24) is 9.97 Å². The molecule has 9 nitrogen and oxygen atoms in total. The Bertz CT molecular complexity index is 1690. The van der Waals surface area contributed by atoms with Crippen molar-refractivity contribution < 1.29 is 28.9 Å². The number of carbonyl (C=O) groups excluding carboxylic acids is 2. The zero-order chi connectivity index (χ0) is 29.9. The smallest absolute Gasteiger partial charge is 0.413 e. The number of phenolic OH excluding ortho intramolecular Hbond substituents is 1. The number of ether oxygens (including phenoxy) is 3. The van der Waals surface area contributed by atoms with Gasteiger partial charge in [-0.3, -0.25) is 10.1 Å². The molecule has 1 aromatic heterocycles. The molecule has 0 fully saturated rings. The Morgan fingerprint density at radius 2 is 1.60 bits per heavy atom. The van der Waals surface area contributed by atoms with E-state index < -0.39 is 6.09 Å². The summed E-state index contributed by atoms with van der Waals surface area (Å²) in [6.45, 7) is 0. The number of aromatic amines is 1. The summed E-state index contributed by atoms with van der Waals surface area (Å²) in [4.78, 5) is 33.0. The summed E-state index contributed by atoms with van der Waals surface area (Å²) in [7, 11) is 4.23. The summed E-state index contributed by atoms with van der Waals surface area (Å²) in [6.07, 6.45) is 2.54. The third kappa shape index (κ3) is 7.92. The van der Waals surface area contributed by atoms with Gasteiger partial charge in [0, 0.05) is 21.9 Å². The summed E-state index contributed by atoms with van der Waals surface area (Å²) in [5.74, 6) is 0.561. The van der Waals surface area contributed by atoms with Crippen LogP contribution in [0, 0.1) is 0 Å². The van der Waals surface area contributed by atoms with E-state index in [9.17, 15) is 14.7 Å². The van der Waals surface area contributed by atoms with Crippen LogP contribution in [0.25, 0.3) is 17.1 Å². The zero-order valence-corrected chi connectivity index (χ0v) is 24.0. The number of allylic oxidation sites excluding steroid dienone is 1. The van der Waals surface area contributed by atoms with E-state index in [1.165, 1.54) is 38.4 Å². The molecule has 0 aliphatic rings. The Labute approximate surface area is 247 Å². The highest BCUT2D eigenvalue weighted by Gasteiger charge is 2.17. The maximum Gasteiger partial charge on any atom is 0.413 e. The first-order valence-electron chi connectivity index (χ1n) is 12.7. The molecule has 0 atom stereocenters. The number of methoxy groups -OCH3 is 3. The number of nitrogens with zero attached hydrogens (tertiary/aromatic N) is 1. The highest BCUT2D eigenvalue weighted by Crippen LogP contribution is 2.34. The van der Waals surface area contributed by atoms with Gasteiger partial charge in [-0.1, -0.05) is 66.4 Å². The standard InChI is InChI=1S/C17H16O4.C15H13N3O2S/c1-20-13-10-15(19)17(16(11-13)21-2)14(18)9-8-12-6-4-3-5-7-12;1-20-15(19)18-14-16-12-8-7-11(9-13(12)17-14)21-10-5-3-2-4-6-10/h3-11,19H,1-2H3;2-9H,1H3,(H2,16,17,18,19). The number of aromatic nitrogens is 2. The van der Waals surface area contributed by atoms with E-state index in [-0.39, 0.29) is 22.8 Å². The molecule has 1 amide bonds. The molecule has 5 rings (SSSR count). The van der Waals surface area contributed by atoms with Gasteiger partial charge in [0.2, 0.25) is 5.95 Å². The minimum absolute atomic E-state index is 0.116. The van der Waals surface area contributed by atoms with Gasteiger partial charge in [-0.2, -0.15) is 0 Å². The molecule has 0 saturated carbocycles. The van der Waals surface area contributed by atoms with Gasteiger partial charge in [0.15, 0.2) is 5.78 Å². The molecule has 0 saturated heterocycles. The van der Waals surface area contributed by atoms with E-state index in [0.717, 1.165) is 21.5 Å². The van der Waals surface area contributed by atoms with Crippen LogP contribution >= 0.6 is 11.8 Å². The van der Waals surface area contributed by atoms with Gasteiger partial charge in [-0.15, -0.1) is 0 Å². The summed E-state index contributed by atoms with van der Waals surface area (Å²) in [5, 5.41) is 12.5. The lowest BCUT2D eigenvalue weighted by molar-refractivity contribution is 0.104. The van der Waals surface area contributed by atoms with Gasteiger partial charge in [-0.25, -0.2) is 9.78 Å². The van der Waals surface area contributed by atoms with Crippen LogP contribution in [-0.4, -0.2) is 48.3 Å². The van der Waals surface area contributed by atoms with Crippen LogP contribution in [0.3, 0.4) is 0 Å². The summed E-state index contributed by atoms with van der Waals surface area (Å²) in [5.41, 5.74) is 2.67. The second-order valence-electron chi connectivity index (χ2n) is 8.63. The van der Waals surface area contributed by atoms with Crippen molar-refractivity contribution in [2.75, 3.05) is 26.6 Å². The number of phenols is 1. The first-order chi connectivity index (χ1) is 20.4. The number of carbonyl (C=O) groups is 2. The molecular formula is C32H29N3O6S. The summed E-state index contributed by atoms with van der Waals surface area (Å²) in [6, 6.07) is 28.4. The molecule has 0 radical (unpaired) electrons. The second-order valence-corrected chi connectivity index (χ2v) is 9.78. The molecule has 0 spiro atoms. The molecule has 0 unspecified atom stereocenters. The maximum absolute atomic E-state index is 12.3. The van der Waals surface area contributed by atoms with Gasteiger partial charge < -0.3 is 24.3 Å².